The molecule has 2 heterocycles. The average molecular weight is 564 g/mol. The molecular weight excluding hydrogens is 518 g/mol. The third kappa shape index (κ3) is 7.34. The molecule has 40 heavy (non-hydrogen) atoms. The van der Waals surface area contributed by atoms with Gasteiger partial charge in [0.25, 0.3) is 0 Å². The number of para-hydroxylation sites is 1. The zero-order valence-corrected chi connectivity index (χ0v) is 26.3. The highest BCUT2D eigenvalue weighted by atomic mass is 28.4. The Balaban J connectivity index is 1.58. The standard InChI is InChI=1S/C32H45N3O4Si/c1-31(2,3)38-30(36)35-22-26(39-40(7,8)32(4,5)6)20-27(35)29-33-18-19-34(29)21-25-16-12-13-17-28(25)37-23-24-14-10-9-11-15-24/h9-19,26-27H,20-23H2,1-8H3/t26-,27+/m1/s1. The molecule has 2 aromatic carbocycles. The van der Waals surface area contributed by atoms with Gasteiger partial charge in [0, 0.05) is 30.9 Å². The van der Waals surface area contributed by atoms with E-state index in [4.69, 9.17) is 18.9 Å². The van der Waals surface area contributed by atoms with Gasteiger partial charge >= 0.3 is 6.09 Å². The maximum Gasteiger partial charge on any atom is 0.411 e. The molecule has 0 bridgehead atoms. The van der Waals surface area contributed by atoms with Crippen LogP contribution in [0.4, 0.5) is 4.79 Å². The Morgan fingerprint density at radius 3 is 2.35 bits per heavy atom. The number of hydrogen-bond acceptors (Lipinski definition) is 5. The Labute approximate surface area is 240 Å². The van der Waals surface area contributed by atoms with Crippen LogP contribution in [0.5, 0.6) is 5.75 Å². The Hall–Kier alpha value is -3.10. The molecule has 1 fully saturated rings. The van der Waals surface area contributed by atoms with Crippen molar-refractivity contribution in [2.75, 3.05) is 6.54 Å². The van der Waals surface area contributed by atoms with E-state index in [1.165, 1.54) is 0 Å². The van der Waals surface area contributed by atoms with E-state index in [-0.39, 0.29) is 23.3 Å². The zero-order chi connectivity index (χ0) is 29.1. The van der Waals surface area contributed by atoms with Crippen molar-refractivity contribution in [1.29, 1.82) is 0 Å². The predicted octanol–water partition coefficient (Wildman–Crippen LogP) is 7.58. The van der Waals surface area contributed by atoms with Crippen molar-refractivity contribution in [3.8, 4) is 5.75 Å². The summed E-state index contributed by atoms with van der Waals surface area (Å²) in [7, 11) is -2.04. The lowest BCUT2D eigenvalue weighted by Crippen LogP contribution is -2.45. The van der Waals surface area contributed by atoms with Crippen molar-refractivity contribution in [3.63, 3.8) is 0 Å². The molecule has 0 N–H and O–H groups in total. The van der Waals surface area contributed by atoms with E-state index in [0.717, 1.165) is 22.7 Å². The van der Waals surface area contributed by atoms with Crippen molar-refractivity contribution >= 4 is 14.4 Å². The number of amides is 1. The molecule has 216 valence electrons. The lowest BCUT2D eigenvalue weighted by atomic mass is 10.1. The van der Waals surface area contributed by atoms with Crippen molar-refractivity contribution in [1.82, 2.24) is 14.5 Å². The monoisotopic (exact) mass is 563 g/mol. The van der Waals surface area contributed by atoms with Gasteiger partial charge in [-0.2, -0.15) is 0 Å². The van der Waals surface area contributed by atoms with Crippen LogP contribution in [0.15, 0.2) is 67.0 Å². The first-order valence-electron chi connectivity index (χ1n) is 14.2. The number of hydrogen-bond donors (Lipinski definition) is 0. The Bertz CT molecular complexity index is 1280. The fourth-order valence-electron chi connectivity index (χ4n) is 4.69. The summed E-state index contributed by atoms with van der Waals surface area (Å²) in [4.78, 5) is 20.0. The van der Waals surface area contributed by atoms with Crippen LogP contribution >= 0.6 is 0 Å². The number of nitrogens with zero attached hydrogens (tertiary/aromatic N) is 3. The number of imidazole rings is 1. The van der Waals surface area contributed by atoms with E-state index < -0.39 is 13.9 Å². The maximum absolute atomic E-state index is 13.4. The lowest BCUT2D eigenvalue weighted by Gasteiger charge is -2.38. The van der Waals surface area contributed by atoms with Crippen LogP contribution in [0.25, 0.3) is 0 Å². The molecule has 7 nitrogen and oxygen atoms in total. The van der Waals surface area contributed by atoms with Crippen molar-refractivity contribution < 1.29 is 18.7 Å². The van der Waals surface area contributed by atoms with E-state index >= 15 is 0 Å². The smallest absolute Gasteiger partial charge is 0.411 e. The summed E-state index contributed by atoms with van der Waals surface area (Å²) < 4.78 is 21.0. The summed E-state index contributed by atoms with van der Waals surface area (Å²) in [5.41, 5.74) is 1.57. The van der Waals surface area contributed by atoms with Gasteiger partial charge in [0.1, 0.15) is 23.8 Å². The second-order valence-corrected chi connectivity index (χ2v) is 17.9. The van der Waals surface area contributed by atoms with Crippen LogP contribution in [-0.4, -0.2) is 47.1 Å². The lowest BCUT2D eigenvalue weighted by molar-refractivity contribution is 0.0201. The fourth-order valence-corrected chi connectivity index (χ4v) is 6.05. The molecule has 0 spiro atoms. The minimum absolute atomic E-state index is 0.0732. The van der Waals surface area contributed by atoms with Gasteiger partial charge in [0.15, 0.2) is 8.32 Å². The number of aromatic nitrogens is 2. The number of benzene rings is 2. The van der Waals surface area contributed by atoms with Gasteiger partial charge in [-0.15, -0.1) is 0 Å². The second-order valence-electron chi connectivity index (χ2n) is 13.2. The van der Waals surface area contributed by atoms with Gasteiger partial charge in [0.05, 0.1) is 18.7 Å². The highest BCUT2D eigenvalue weighted by molar-refractivity contribution is 6.74. The molecule has 4 rings (SSSR count). The minimum atomic E-state index is -2.04. The second kappa shape index (κ2) is 11.8. The first-order valence-corrected chi connectivity index (χ1v) is 17.1. The molecular formula is C32H45N3O4Si. The molecule has 1 aliphatic heterocycles. The SMILES string of the molecule is CC(C)(C)OC(=O)N1C[C@H](O[Si](C)(C)C(C)(C)C)C[C@H]1c1nccn1Cc1ccccc1OCc1ccccc1. The van der Waals surface area contributed by atoms with Gasteiger partial charge in [-0.3, -0.25) is 4.90 Å². The molecule has 8 heteroatoms. The molecule has 1 saturated heterocycles. The van der Waals surface area contributed by atoms with Crippen molar-refractivity contribution in [2.24, 2.45) is 0 Å². The van der Waals surface area contributed by atoms with Crippen LogP contribution in [0, 0.1) is 0 Å². The third-order valence-electron chi connectivity index (χ3n) is 7.75. The van der Waals surface area contributed by atoms with Crippen LogP contribution in [0.3, 0.4) is 0 Å². The molecule has 2 atom stereocenters. The molecule has 0 radical (unpaired) electrons. The zero-order valence-electron chi connectivity index (χ0n) is 25.3. The van der Waals surface area contributed by atoms with Crippen LogP contribution in [-0.2, 0) is 22.3 Å². The Kier molecular flexibility index (Phi) is 8.80. The summed E-state index contributed by atoms with van der Waals surface area (Å²) in [6, 6.07) is 18.0. The number of ether oxygens (including phenoxy) is 2. The van der Waals surface area contributed by atoms with Gasteiger partial charge in [0.2, 0.25) is 0 Å². The van der Waals surface area contributed by atoms with Gasteiger partial charge < -0.3 is 18.5 Å². The molecule has 1 aliphatic rings. The summed E-state index contributed by atoms with van der Waals surface area (Å²) in [5, 5.41) is 0.0732. The summed E-state index contributed by atoms with van der Waals surface area (Å²) in [6.45, 7) is 18.5. The van der Waals surface area contributed by atoms with E-state index in [1.54, 1.807) is 11.1 Å². The third-order valence-corrected chi connectivity index (χ3v) is 12.3. The van der Waals surface area contributed by atoms with E-state index in [1.807, 2.05) is 63.4 Å². The highest BCUT2D eigenvalue weighted by Crippen LogP contribution is 2.41. The van der Waals surface area contributed by atoms with E-state index in [2.05, 4.69) is 56.6 Å². The number of carbonyl (C=O) groups excluding carboxylic acids is 1. The Morgan fingerprint density at radius 1 is 1.00 bits per heavy atom. The highest BCUT2D eigenvalue weighted by Gasteiger charge is 2.46. The average Bonchev–Trinajstić information content (AvgIpc) is 3.49. The van der Waals surface area contributed by atoms with Crippen LogP contribution in [0.2, 0.25) is 18.1 Å². The quantitative estimate of drug-likeness (QED) is 0.264. The molecule has 0 aliphatic carbocycles. The molecule has 1 amide bonds. The summed E-state index contributed by atoms with van der Waals surface area (Å²) in [5.74, 6) is 1.66. The topological polar surface area (TPSA) is 65.8 Å². The van der Waals surface area contributed by atoms with Gasteiger partial charge in [-0.05, 0) is 50.5 Å². The van der Waals surface area contributed by atoms with Gasteiger partial charge in [-0.25, -0.2) is 9.78 Å². The summed E-state index contributed by atoms with van der Waals surface area (Å²) >= 11 is 0. The normalized spacial score (nSPS) is 18.1. The minimum Gasteiger partial charge on any atom is -0.489 e. The fraction of sp³-hybridized carbons (Fsp3) is 0.500. The van der Waals surface area contributed by atoms with E-state index in [0.29, 0.717) is 26.1 Å². The number of carbonyl (C=O) groups is 1. The van der Waals surface area contributed by atoms with E-state index in [9.17, 15) is 4.79 Å². The number of likely N-dealkylation sites (tertiary alicyclic amines) is 1. The van der Waals surface area contributed by atoms with Crippen molar-refractivity contribution in [3.05, 3.63) is 83.9 Å². The number of rotatable bonds is 8. The predicted molar refractivity (Wildman–Crippen MR) is 161 cm³/mol. The summed E-state index contributed by atoms with van der Waals surface area (Å²) in [6.07, 6.45) is 4.04. The molecule has 0 saturated carbocycles. The van der Waals surface area contributed by atoms with Crippen LogP contribution in [0.1, 0.15) is 71.0 Å². The largest absolute Gasteiger partial charge is 0.489 e. The Morgan fingerprint density at radius 2 is 1.68 bits per heavy atom. The molecule has 3 aromatic rings. The van der Waals surface area contributed by atoms with Crippen molar-refractivity contribution in [2.45, 2.75) is 97.0 Å². The first-order chi connectivity index (χ1) is 18.7. The molecule has 0 unspecified atom stereocenters. The first kappa shape index (κ1) is 29.9. The molecule has 1 aromatic heterocycles. The maximum atomic E-state index is 13.4. The van der Waals surface area contributed by atoms with Crippen LogP contribution < -0.4 is 4.74 Å². The van der Waals surface area contributed by atoms with Gasteiger partial charge in [-0.1, -0.05) is 69.3 Å².